The highest BCUT2D eigenvalue weighted by atomic mass is 32.2. The van der Waals surface area contributed by atoms with E-state index < -0.39 is 16.3 Å². The molecule has 0 aromatic carbocycles. The summed E-state index contributed by atoms with van der Waals surface area (Å²) in [5, 5.41) is 0.0686. The van der Waals surface area contributed by atoms with Crippen LogP contribution in [0.25, 0.3) is 0 Å². The highest BCUT2D eigenvalue weighted by Crippen LogP contribution is 2.24. The number of hydrogen-bond donors (Lipinski definition) is 2. The zero-order chi connectivity index (χ0) is 17.6. The van der Waals surface area contributed by atoms with Crippen LogP contribution in [0.3, 0.4) is 0 Å². The molecule has 2 atom stereocenters. The molecule has 1 aliphatic rings. The number of carbonyl (C=O) groups excluding carboxylic acids is 1. The zero-order valence-electron chi connectivity index (χ0n) is 13.7. The summed E-state index contributed by atoms with van der Waals surface area (Å²) in [6, 6.07) is -0.152. The quantitative estimate of drug-likeness (QED) is 0.523. The maximum atomic E-state index is 12.0. The van der Waals surface area contributed by atoms with Gasteiger partial charge in [-0.1, -0.05) is 24.3 Å². The summed E-state index contributed by atoms with van der Waals surface area (Å²) in [6.45, 7) is 6.25. The van der Waals surface area contributed by atoms with Crippen LogP contribution in [0.1, 0.15) is 13.3 Å². The Balaban J connectivity index is 2.78. The van der Waals surface area contributed by atoms with Gasteiger partial charge in [0.2, 0.25) is 0 Å². The summed E-state index contributed by atoms with van der Waals surface area (Å²) in [4.78, 5) is 13.7. The summed E-state index contributed by atoms with van der Waals surface area (Å²) < 4.78 is 31.9. The Morgan fingerprint density at radius 1 is 1.57 bits per heavy atom. The van der Waals surface area contributed by atoms with E-state index in [0.29, 0.717) is 13.0 Å². The predicted molar refractivity (Wildman–Crippen MR) is 93.8 cm³/mol. The number of likely N-dealkylation sites (N-methyl/N-ethyl adjacent to an activating group) is 1. The van der Waals surface area contributed by atoms with Gasteiger partial charge in [0, 0.05) is 32.4 Å². The minimum Gasteiger partial charge on any atom is -0.445 e. The van der Waals surface area contributed by atoms with E-state index in [1.165, 1.54) is 24.5 Å². The fraction of sp³-hybridized carbons (Fsp3) is 0.643. The van der Waals surface area contributed by atoms with Crippen LogP contribution in [-0.4, -0.2) is 68.8 Å². The summed E-state index contributed by atoms with van der Waals surface area (Å²) >= 11 is 4.43. The Kier molecular flexibility index (Phi) is 7.59. The number of thiol groups is 1. The number of carbonyl (C=O) groups is 1. The molecule has 0 spiro atoms. The van der Waals surface area contributed by atoms with Gasteiger partial charge in [0.1, 0.15) is 6.61 Å². The van der Waals surface area contributed by atoms with Crippen molar-refractivity contribution in [1.29, 1.82) is 0 Å². The van der Waals surface area contributed by atoms with Crippen LogP contribution in [0.4, 0.5) is 4.79 Å². The molecule has 7 nitrogen and oxygen atoms in total. The molecule has 1 heterocycles. The molecule has 0 aliphatic carbocycles. The normalized spacial score (nSPS) is 22.5. The third-order valence-corrected chi connectivity index (χ3v) is 5.34. The molecule has 23 heavy (non-hydrogen) atoms. The number of rotatable bonds is 7. The van der Waals surface area contributed by atoms with E-state index >= 15 is 0 Å². The van der Waals surface area contributed by atoms with E-state index in [1.54, 1.807) is 4.90 Å². The molecular weight excluding hydrogens is 338 g/mol. The lowest BCUT2D eigenvalue weighted by molar-refractivity contribution is 0.114. The number of likely N-dealkylation sites (tertiary alicyclic amines) is 1. The molecule has 9 heteroatoms. The summed E-state index contributed by atoms with van der Waals surface area (Å²) in [5.74, 6) is 0. The van der Waals surface area contributed by atoms with E-state index in [2.05, 4.69) is 23.9 Å². The van der Waals surface area contributed by atoms with Gasteiger partial charge in [0.05, 0.1) is 6.04 Å². The maximum absolute atomic E-state index is 12.0. The van der Waals surface area contributed by atoms with Crippen LogP contribution in [-0.2, 0) is 14.9 Å². The van der Waals surface area contributed by atoms with Crippen LogP contribution >= 0.6 is 12.6 Å². The van der Waals surface area contributed by atoms with Crippen LogP contribution in [0.2, 0.25) is 0 Å². The molecule has 1 fully saturated rings. The molecule has 1 saturated heterocycles. The van der Waals surface area contributed by atoms with Crippen LogP contribution in [0.15, 0.2) is 24.3 Å². The Labute approximate surface area is 143 Å². The SMILES string of the molecule is C=CCOC(=O)N1C[C@@H](S)C[C@H]1C=C(C)CN(C)S(=O)(=O)NC. The standard InChI is InChI=1S/C14H25N3O4S2/c1-5-6-21-14(18)17-10-13(22)8-12(17)7-11(2)9-16(4)23(19,20)15-3/h5,7,12-13,15,22H,1,6,8-10H2,2-4H3/t12-,13+/m1/s1. The fourth-order valence-corrected chi connectivity index (χ4v) is 3.47. The zero-order valence-corrected chi connectivity index (χ0v) is 15.4. The molecule has 1 N–H and O–H groups in total. The molecule has 0 aromatic heterocycles. The van der Waals surface area contributed by atoms with Crippen molar-refractivity contribution in [2.24, 2.45) is 0 Å². The Morgan fingerprint density at radius 2 is 2.22 bits per heavy atom. The second-order valence-electron chi connectivity index (χ2n) is 5.45. The summed E-state index contributed by atoms with van der Waals surface area (Å²) in [7, 11) is -0.607. The van der Waals surface area contributed by atoms with Crippen molar-refractivity contribution >= 4 is 28.9 Å². The first-order chi connectivity index (χ1) is 10.7. The van der Waals surface area contributed by atoms with Crippen molar-refractivity contribution in [3.05, 3.63) is 24.3 Å². The van der Waals surface area contributed by atoms with Crippen LogP contribution < -0.4 is 4.72 Å². The van der Waals surface area contributed by atoms with Crippen molar-refractivity contribution in [2.45, 2.75) is 24.6 Å². The van der Waals surface area contributed by atoms with E-state index in [4.69, 9.17) is 4.74 Å². The minimum absolute atomic E-state index is 0.0686. The maximum Gasteiger partial charge on any atom is 0.410 e. The molecule has 0 aromatic rings. The molecule has 0 saturated carbocycles. The molecule has 1 aliphatic heterocycles. The van der Waals surface area contributed by atoms with Gasteiger partial charge in [-0.25, -0.2) is 9.52 Å². The summed E-state index contributed by atoms with van der Waals surface area (Å²) in [6.07, 6.45) is 3.70. The lowest BCUT2D eigenvalue weighted by Gasteiger charge is -2.23. The Morgan fingerprint density at radius 3 is 2.78 bits per heavy atom. The van der Waals surface area contributed by atoms with Crippen molar-refractivity contribution < 1.29 is 17.9 Å². The average molecular weight is 364 g/mol. The highest BCUT2D eigenvalue weighted by molar-refractivity contribution is 7.87. The monoisotopic (exact) mass is 363 g/mol. The third kappa shape index (κ3) is 5.83. The minimum atomic E-state index is -3.47. The second kappa shape index (κ2) is 8.72. The van der Waals surface area contributed by atoms with Gasteiger partial charge < -0.3 is 9.64 Å². The van der Waals surface area contributed by atoms with Crippen LogP contribution in [0, 0.1) is 0 Å². The molecule has 0 unspecified atom stereocenters. The van der Waals surface area contributed by atoms with Crippen molar-refractivity contribution in [3.63, 3.8) is 0 Å². The van der Waals surface area contributed by atoms with Crippen molar-refractivity contribution in [2.75, 3.05) is 33.8 Å². The first kappa shape index (κ1) is 20.0. The van der Waals surface area contributed by atoms with Gasteiger partial charge in [-0.2, -0.15) is 25.4 Å². The lowest BCUT2D eigenvalue weighted by atomic mass is 10.1. The Bertz CT molecular complexity index is 562. The largest absolute Gasteiger partial charge is 0.445 e. The van der Waals surface area contributed by atoms with Crippen molar-refractivity contribution in [1.82, 2.24) is 13.9 Å². The summed E-state index contributed by atoms with van der Waals surface area (Å²) in [5.41, 5.74) is 0.847. The average Bonchev–Trinajstić information content (AvgIpc) is 2.84. The van der Waals surface area contributed by atoms with E-state index in [9.17, 15) is 13.2 Å². The predicted octanol–water partition coefficient (Wildman–Crippen LogP) is 1.02. The van der Waals surface area contributed by atoms with Gasteiger partial charge in [-0.05, 0) is 13.3 Å². The van der Waals surface area contributed by atoms with Gasteiger partial charge >= 0.3 is 6.09 Å². The third-order valence-electron chi connectivity index (χ3n) is 3.50. The second-order valence-corrected chi connectivity index (χ2v) is 8.17. The molecule has 0 radical (unpaired) electrons. The highest BCUT2D eigenvalue weighted by Gasteiger charge is 2.33. The van der Waals surface area contributed by atoms with Crippen LogP contribution in [0.5, 0.6) is 0 Å². The fourth-order valence-electron chi connectivity index (χ4n) is 2.40. The van der Waals surface area contributed by atoms with Gasteiger partial charge in [0.25, 0.3) is 10.2 Å². The lowest BCUT2D eigenvalue weighted by Crippen LogP contribution is -2.38. The Hall–Kier alpha value is -1.03. The molecule has 132 valence electrons. The van der Waals surface area contributed by atoms with E-state index in [-0.39, 0.29) is 24.4 Å². The van der Waals surface area contributed by atoms with E-state index in [0.717, 1.165) is 5.57 Å². The number of nitrogens with zero attached hydrogens (tertiary/aromatic N) is 2. The smallest absolute Gasteiger partial charge is 0.410 e. The number of amides is 1. The molecule has 0 bridgehead atoms. The number of hydrogen-bond acceptors (Lipinski definition) is 5. The molecule has 1 rings (SSSR count). The first-order valence-corrected chi connectivity index (χ1v) is 9.21. The molecular formula is C14H25N3O4S2. The number of ether oxygens (including phenoxy) is 1. The van der Waals surface area contributed by atoms with Crippen molar-refractivity contribution in [3.8, 4) is 0 Å². The van der Waals surface area contributed by atoms with E-state index in [1.807, 2.05) is 13.0 Å². The molecule has 1 amide bonds. The van der Waals surface area contributed by atoms with Gasteiger partial charge in [0.15, 0.2) is 0 Å². The van der Waals surface area contributed by atoms with Gasteiger partial charge in [-0.15, -0.1) is 0 Å². The first-order valence-electron chi connectivity index (χ1n) is 7.25. The number of nitrogens with one attached hydrogen (secondary N) is 1. The topological polar surface area (TPSA) is 79.0 Å². The van der Waals surface area contributed by atoms with Gasteiger partial charge in [-0.3, -0.25) is 0 Å².